The van der Waals surface area contributed by atoms with E-state index in [4.69, 9.17) is 0 Å². The van der Waals surface area contributed by atoms with Crippen molar-refractivity contribution in [2.45, 2.75) is 39.0 Å². The van der Waals surface area contributed by atoms with Crippen LogP contribution in [-0.4, -0.2) is 5.78 Å². The molecule has 1 heteroatoms. The molecule has 0 spiro atoms. The maximum absolute atomic E-state index is 11.8. The molecule has 0 unspecified atom stereocenters. The number of carbonyl (C=O) groups is 1. The SMILES string of the molecule is C=CCc1ccc(C(=O)CCCCC)cc1. The van der Waals surface area contributed by atoms with Crippen LogP contribution < -0.4 is 0 Å². The number of Topliss-reactive ketones (excluding diaryl/α,β-unsaturated/α-hetero) is 1. The Balaban J connectivity index is 2.52. The maximum Gasteiger partial charge on any atom is 0.162 e. The highest BCUT2D eigenvalue weighted by molar-refractivity contribution is 5.96. The third-order valence-electron chi connectivity index (χ3n) is 2.66. The minimum atomic E-state index is 0.263. The Labute approximate surface area is 98.2 Å². The van der Waals surface area contributed by atoms with Gasteiger partial charge in [-0.05, 0) is 18.4 Å². The molecule has 0 amide bonds. The van der Waals surface area contributed by atoms with Crippen LogP contribution in [0.25, 0.3) is 0 Å². The largest absolute Gasteiger partial charge is 0.294 e. The summed E-state index contributed by atoms with van der Waals surface area (Å²) in [7, 11) is 0. The molecule has 0 heterocycles. The molecule has 0 N–H and O–H groups in total. The number of benzene rings is 1. The Morgan fingerprint density at radius 3 is 2.50 bits per heavy atom. The topological polar surface area (TPSA) is 17.1 Å². The van der Waals surface area contributed by atoms with Gasteiger partial charge in [-0.25, -0.2) is 0 Å². The average Bonchev–Trinajstić information content (AvgIpc) is 2.30. The van der Waals surface area contributed by atoms with Crippen LogP contribution in [-0.2, 0) is 6.42 Å². The lowest BCUT2D eigenvalue weighted by Crippen LogP contribution is -1.98. The summed E-state index contributed by atoms with van der Waals surface area (Å²) in [5.74, 6) is 0.263. The van der Waals surface area contributed by atoms with Crippen LogP contribution in [0.3, 0.4) is 0 Å². The summed E-state index contributed by atoms with van der Waals surface area (Å²) in [6.07, 6.45) is 6.71. The van der Waals surface area contributed by atoms with Crippen molar-refractivity contribution >= 4 is 5.78 Å². The Morgan fingerprint density at radius 2 is 1.94 bits per heavy atom. The van der Waals surface area contributed by atoms with Gasteiger partial charge in [0, 0.05) is 12.0 Å². The van der Waals surface area contributed by atoms with Crippen LogP contribution in [0.1, 0.15) is 48.5 Å². The zero-order valence-electron chi connectivity index (χ0n) is 10.0. The third-order valence-corrected chi connectivity index (χ3v) is 2.66. The van der Waals surface area contributed by atoms with Crippen molar-refractivity contribution < 1.29 is 4.79 Å². The minimum Gasteiger partial charge on any atom is -0.294 e. The van der Waals surface area contributed by atoms with E-state index in [1.807, 2.05) is 30.3 Å². The lowest BCUT2D eigenvalue weighted by molar-refractivity contribution is 0.0979. The average molecular weight is 216 g/mol. The van der Waals surface area contributed by atoms with E-state index in [2.05, 4.69) is 13.5 Å². The fourth-order valence-corrected chi connectivity index (χ4v) is 1.67. The normalized spacial score (nSPS) is 10.1. The molecule has 0 saturated heterocycles. The Bertz CT molecular complexity index is 335. The van der Waals surface area contributed by atoms with Crippen molar-refractivity contribution in [1.82, 2.24) is 0 Å². The summed E-state index contributed by atoms with van der Waals surface area (Å²) < 4.78 is 0. The molecule has 0 aliphatic rings. The van der Waals surface area contributed by atoms with Gasteiger partial charge in [-0.15, -0.1) is 6.58 Å². The van der Waals surface area contributed by atoms with E-state index in [1.165, 1.54) is 5.56 Å². The molecule has 1 nitrogen and oxygen atoms in total. The molecular formula is C15H20O. The molecule has 86 valence electrons. The first-order valence-corrected chi connectivity index (χ1v) is 6.01. The molecule has 0 fully saturated rings. The van der Waals surface area contributed by atoms with Crippen molar-refractivity contribution in [3.05, 3.63) is 48.0 Å². The Morgan fingerprint density at radius 1 is 1.25 bits per heavy atom. The van der Waals surface area contributed by atoms with Gasteiger partial charge >= 0.3 is 0 Å². The van der Waals surface area contributed by atoms with Crippen molar-refractivity contribution in [1.29, 1.82) is 0 Å². The van der Waals surface area contributed by atoms with Gasteiger partial charge in [0.25, 0.3) is 0 Å². The highest BCUT2D eigenvalue weighted by Crippen LogP contribution is 2.10. The number of unbranched alkanes of at least 4 members (excludes halogenated alkanes) is 2. The molecule has 0 bridgehead atoms. The summed E-state index contributed by atoms with van der Waals surface area (Å²) in [5.41, 5.74) is 2.05. The first-order valence-electron chi connectivity index (χ1n) is 6.01. The first-order chi connectivity index (χ1) is 7.77. The highest BCUT2D eigenvalue weighted by atomic mass is 16.1. The maximum atomic E-state index is 11.8. The van der Waals surface area contributed by atoms with Crippen LogP contribution in [0.2, 0.25) is 0 Å². The molecule has 16 heavy (non-hydrogen) atoms. The lowest BCUT2D eigenvalue weighted by atomic mass is 10.0. The number of hydrogen-bond acceptors (Lipinski definition) is 1. The van der Waals surface area contributed by atoms with Crippen LogP contribution >= 0.6 is 0 Å². The molecule has 1 rings (SSSR count). The fourth-order valence-electron chi connectivity index (χ4n) is 1.67. The predicted molar refractivity (Wildman–Crippen MR) is 68.8 cm³/mol. The summed E-state index contributed by atoms with van der Waals surface area (Å²) >= 11 is 0. The molecule has 1 aromatic rings. The van der Waals surface area contributed by atoms with Gasteiger partial charge < -0.3 is 0 Å². The van der Waals surface area contributed by atoms with E-state index in [1.54, 1.807) is 0 Å². The molecule has 0 atom stereocenters. The monoisotopic (exact) mass is 216 g/mol. The van der Waals surface area contributed by atoms with Crippen LogP contribution in [0.15, 0.2) is 36.9 Å². The van der Waals surface area contributed by atoms with E-state index in [9.17, 15) is 4.79 Å². The van der Waals surface area contributed by atoms with Gasteiger partial charge in [0.1, 0.15) is 0 Å². The standard InChI is InChI=1S/C15H20O/c1-3-5-6-8-15(16)14-11-9-13(7-4-2)10-12-14/h4,9-12H,2-3,5-8H2,1H3. The van der Waals surface area contributed by atoms with Crippen molar-refractivity contribution in [3.63, 3.8) is 0 Å². The Hall–Kier alpha value is -1.37. The summed E-state index contributed by atoms with van der Waals surface area (Å²) in [4.78, 5) is 11.8. The van der Waals surface area contributed by atoms with Gasteiger partial charge in [0.05, 0.1) is 0 Å². The smallest absolute Gasteiger partial charge is 0.162 e. The zero-order chi connectivity index (χ0) is 11.8. The molecule has 0 aliphatic heterocycles. The summed E-state index contributed by atoms with van der Waals surface area (Å²) in [6.45, 7) is 5.84. The zero-order valence-corrected chi connectivity index (χ0v) is 10.0. The van der Waals surface area contributed by atoms with Crippen LogP contribution in [0.5, 0.6) is 0 Å². The Kier molecular flexibility index (Phi) is 5.55. The highest BCUT2D eigenvalue weighted by Gasteiger charge is 2.04. The molecule has 0 aromatic heterocycles. The molecule has 0 saturated carbocycles. The van der Waals surface area contributed by atoms with Gasteiger partial charge in [-0.2, -0.15) is 0 Å². The number of rotatable bonds is 7. The van der Waals surface area contributed by atoms with E-state index in [0.717, 1.165) is 31.2 Å². The number of carbonyl (C=O) groups excluding carboxylic acids is 1. The predicted octanol–water partition coefficient (Wildman–Crippen LogP) is 4.18. The van der Waals surface area contributed by atoms with E-state index >= 15 is 0 Å². The van der Waals surface area contributed by atoms with E-state index in [-0.39, 0.29) is 5.78 Å². The second kappa shape index (κ2) is 7.00. The third kappa shape index (κ3) is 4.01. The summed E-state index contributed by atoms with van der Waals surface area (Å²) in [6, 6.07) is 7.86. The van der Waals surface area contributed by atoms with Crippen molar-refractivity contribution in [3.8, 4) is 0 Å². The van der Waals surface area contributed by atoms with E-state index < -0.39 is 0 Å². The first kappa shape index (κ1) is 12.7. The summed E-state index contributed by atoms with van der Waals surface area (Å²) in [5, 5.41) is 0. The lowest BCUT2D eigenvalue weighted by Gasteiger charge is -2.02. The van der Waals surface area contributed by atoms with Crippen LogP contribution in [0, 0.1) is 0 Å². The van der Waals surface area contributed by atoms with Gasteiger partial charge in [-0.1, -0.05) is 50.1 Å². The second-order valence-corrected chi connectivity index (χ2v) is 4.07. The number of allylic oxidation sites excluding steroid dienone is 1. The minimum absolute atomic E-state index is 0.263. The van der Waals surface area contributed by atoms with Gasteiger partial charge in [0.15, 0.2) is 5.78 Å². The molecule has 1 aromatic carbocycles. The fraction of sp³-hybridized carbons (Fsp3) is 0.400. The van der Waals surface area contributed by atoms with Gasteiger partial charge in [0.2, 0.25) is 0 Å². The molecule has 0 aliphatic carbocycles. The quantitative estimate of drug-likeness (QED) is 0.379. The number of hydrogen-bond donors (Lipinski definition) is 0. The number of ketones is 1. The van der Waals surface area contributed by atoms with Gasteiger partial charge in [-0.3, -0.25) is 4.79 Å². The second-order valence-electron chi connectivity index (χ2n) is 4.07. The molecule has 0 radical (unpaired) electrons. The van der Waals surface area contributed by atoms with Crippen molar-refractivity contribution in [2.24, 2.45) is 0 Å². The van der Waals surface area contributed by atoms with Crippen LogP contribution in [0.4, 0.5) is 0 Å². The van der Waals surface area contributed by atoms with E-state index in [0.29, 0.717) is 6.42 Å². The van der Waals surface area contributed by atoms with Crippen molar-refractivity contribution in [2.75, 3.05) is 0 Å². The molecular weight excluding hydrogens is 196 g/mol.